The molecule has 1 aliphatic heterocycles. The Labute approximate surface area is 169 Å². The summed E-state index contributed by atoms with van der Waals surface area (Å²) in [7, 11) is 1.61. The predicted octanol–water partition coefficient (Wildman–Crippen LogP) is 1.24. The molecule has 0 saturated heterocycles. The number of amides is 3. The first-order valence-corrected chi connectivity index (χ1v) is 9.78. The lowest BCUT2D eigenvalue weighted by Gasteiger charge is -2.40. The summed E-state index contributed by atoms with van der Waals surface area (Å²) in [6, 6.07) is 9.61. The maximum atomic E-state index is 13.0. The van der Waals surface area contributed by atoms with Crippen molar-refractivity contribution in [2.45, 2.75) is 51.4 Å². The normalized spacial score (nSPS) is 20.9. The molecule has 2 aromatic rings. The highest BCUT2D eigenvalue weighted by molar-refractivity contribution is 6.01. The zero-order valence-corrected chi connectivity index (χ0v) is 16.9. The number of aryl methyl sites for hydroxylation is 1. The third-order valence-electron chi connectivity index (χ3n) is 5.71. The van der Waals surface area contributed by atoms with Gasteiger partial charge in [-0.3, -0.25) is 19.1 Å². The van der Waals surface area contributed by atoms with Gasteiger partial charge >= 0.3 is 0 Å². The van der Waals surface area contributed by atoms with Crippen LogP contribution in [0.4, 0.5) is 0 Å². The highest BCUT2D eigenvalue weighted by Gasteiger charge is 2.46. The minimum absolute atomic E-state index is 0.182. The average molecular weight is 395 g/mol. The van der Waals surface area contributed by atoms with E-state index in [0.717, 1.165) is 24.0 Å². The third-order valence-corrected chi connectivity index (χ3v) is 5.71. The molecule has 2 aliphatic rings. The summed E-state index contributed by atoms with van der Waals surface area (Å²) in [6.45, 7) is 4.27. The van der Waals surface area contributed by atoms with E-state index in [1.807, 2.05) is 31.2 Å². The summed E-state index contributed by atoms with van der Waals surface area (Å²) < 4.78 is 1.47. The van der Waals surface area contributed by atoms with Gasteiger partial charge < -0.3 is 15.5 Å². The van der Waals surface area contributed by atoms with Gasteiger partial charge in [0, 0.05) is 25.7 Å². The Balaban J connectivity index is 1.51. The minimum Gasteiger partial charge on any atom is -0.350 e. The smallest absolute Gasteiger partial charge is 0.272 e. The number of aromatic nitrogens is 2. The van der Waals surface area contributed by atoms with Gasteiger partial charge in [-0.1, -0.05) is 29.8 Å². The van der Waals surface area contributed by atoms with Crippen LogP contribution < -0.4 is 10.6 Å². The fourth-order valence-electron chi connectivity index (χ4n) is 3.40. The molecule has 152 valence electrons. The summed E-state index contributed by atoms with van der Waals surface area (Å²) in [5.41, 5.74) is 1.55. The molecule has 8 heteroatoms. The lowest BCUT2D eigenvalue weighted by atomic mass is 9.95. The Morgan fingerprint density at radius 3 is 2.59 bits per heavy atom. The van der Waals surface area contributed by atoms with Crippen molar-refractivity contribution in [3.63, 3.8) is 0 Å². The number of carbonyl (C=O) groups is 3. The Hall–Kier alpha value is -3.16. The Kier molecular flexibility index (Phi) is 4.64. The maximum absolute atomic E-state index is 13.0. The second-order valence-electron chi connectivity index (χ2n) is 8.13. The van der Waals surface area contributed by atoms with E-state index < -0.39 is 5.54 Å². The van der Waals surface area contributed by atoms with Crippen molar-refractivity contribution in [2.24, 2.45) is 0 Å². The number of likely N-dealkylation sites (N-methyl/N-ethyl adjacent to an activating group) is 1. The van der Waals surface area contributed by atoms with Crippen LogP contribution in [0.25, 0.3) is 0 Å². The molecule has 8 nitrogen and oxygen atoms in total. The first-order chi connectivity index (χ1) is 13.8. The highest BCUT2D eigenvalue weighted by atomic mass is 16.2. The van der Waals surface area contributed by atoms with Crippen LogP contribution in [-0.4, -0.2) is 51.0 Å². The molecule has 1 unspecified atom stereocenters. The van der Waals surface area contributed by atoms with Crippen LogP contribution >= 0.6 is 0 Å². The number of rotatable bonds is 5. The van der Waals surface area contributed by atoms with Gasteiger partial charge in [0.15, 0.2) is 5.69 Å². The van der Waals surface area contributed by atoms with Crippen LogP contribution in [0.2, 0.25) is 0 Å². The zero-order valence-electron chi connectivity index (χ0n) is 16.9. The Morgan fingerprint density at radius 1 is 1.24 bits per heavy atom. The van der Waals surface area contributed by atoms with Crippen molar-refractivity contribution in [3.8, 4) is 0 Å². The molecule has 1 aliphatic carbocycles. The first kappa shape index (κ1) is 19.2. The summed E-state index contributed by atoms with van der Waals surface area (Å²) in [5.74, 6) is -0.878. The first-order valence-electron chi connectivity index (χ1n) is 9.78. The number of nitrogens with one attached hydrogen (secondary N) is 2. The van der Waals surface area contributed by atoms with E-state index in [1.165, 1.54) is 15.6 Å². The third kappa shape index (κ3) is 3.62. The topological polar surface area (TPSA) is 96.3 Å². The summed E-state index contributed by atoms with van der Waals surface area (Å²) in [5, 5.41) is 10.1. The lowest BCUT2D eigenvalue weighted by molar-refractivity contribution is -0.132. The van der Waals surface area contributed by atoms with E-state index in [-0.39, 0.29) is 36.0 Å². The molecule has 1 atom stereocenters. The second kappa shape index (κ2) is 7.02. The predicted molar refractivity (Wildman–Crippen MR) is 106 cm³/mol. The zero-order chi connectivity index (χ0) is 20.8. The van der Waals surface area contributed by atoms with Crippen molar-refractivity contribution in [1.29, 1.82) is 0 Å². The van der Waals surface area contributed by atoms with Gasteiger partial charge in [-0.05, 0) is 32.3 Å². The van der Waals surface area contributed by atoms with Crippen LogP contribution in [0.5, 0.6) is 0 Å². The Morgan fingerprint density at radius 2 is 1.93 bits per heavy atom. The monoisotopic (exact) mass is 395 g/mol. The molecular formula is C21H25N5O3. The molecule has 1 aromatic heterocycles. The molecule has 1 saturated carbocycles. The van der Waals surface area contributed by atoms with Crippen LogP contribution in [0.15, 0.2) is 30.3 Å². The number of nitrogens with zero attached hydrogens (tertiary/aromatic N) is 3. The largest absolute Gasteiger partial charge is 0.350 e. The van der Waals surface area contributed by atoms with Gasteiger partial charge in [-0.2, -0.15) is 5.10 Å². The van der Waals surface area contributed by atoms with Crippen LogP contribution in [0.1, 0.15) is 51.9 Å². The molecule has 0 spiro atoms. The number of benzene rings is 1. The van der Waals surface area contributed by atoms with Gasteiger partial charge in [0.2, 0.25) is 5.91 Å². The van der Waals surface area contributed by atoms with Crippen LogP contribution in [0.3, 0.4) is 0 Å². The standard InChI is InChI=1S/C21H25N5O3/c1-13-4-6-14(7-5-13)11-22-20(29)21(2)12-26-17(19(28)25(21)3)10-16(24-26)18(27)23-15-8-9-15/h4-7,10,15H,8-9,11-12H2,1-3H3,(H,22,29)(H,23,27). The molecule has 2 N–H and O–H groups in total. The van der Waals surface area contributed by atoms with E-state index >= 15 is 0 Å². The van der Waals surface area contributed by atoms with E-state index in [2.05, 4.69) is 15.7 Å². The van der Waals surface area contributed by atoms with Gasteiger partial charge in [0.1, 0.15) is 11.2 Å². The average Bonchev–Trinajstić information content (AvgIpc) is 3.41. The van der Waals surface area contributed by atoms with Gasteiger partial charge in [0.05, 0.1) is 6.54 Å². The van der Waals surface area contributed by atoms with Gasteiger partial charge in [0.25, 0.3) is 11.8 Å². The van der Waals surface area contributed by atoms with Crippen molar-refractivity contribution >= 4 is 17.7 Å². The molecule has 29 heavy (non-hydrogen) atoms. The van der Waals surface area contributed by atoms with Gasteiger partial charge in [-0.25, -0.2) is 0 Å². The number of hydrogen-bond donors (Lipinski definition) is 2. The number of carbonyl (C=O) groups excluding carboxylic acids is 3. The summed E-state index contributed by atoms with van der Waals surface area (Å²) in [4.78, 5) is 39.6. The summed E-state index contributed by atoms with van der Waals surface area (Å²) in [6.07, 6.45) is 1.94. The number of fused-ring (bicyclic) bond motifs is 1. The second-order valence-corrected chi connectivity index (χ2v) is 8.13. The molecule has 4 rings (SSSR count). The van der Waals surface area contributed by atoms with E-state index in [9.17, 15) is 14.4 Å². The van der Waals surface area contributed by atoms with E-state index in [4.69, 9.17) is 0 Å². The quantitative estimate of drug-likeness (QED) is 0.796. The highest BCUT2D eigenvalue weighted by Crippen LogP contribution is 2.26. The van der Waals surface area contributed by atoms with Crippen LogP contribution in [-0.2, 0) is 17.9 Å². The lowest BCUT2D eigenvalue weighted by Crippen LogP contribution is -2.62. The molecule has 0 radical (unpaired) electrons. The molecule has 2 heterocycles. The molecule has 3 amide bonds. The SMILES string of the molecule is Cc1ccc(CNC(=O)C2(C)Cn3nc(C(=O)NC4CC4)cc3C(=O)N2C)cc1. The molecule has 1 fully saturated rings. The van der Waals surface area contributed by atoms with Crippen molar-refractivity contribution in [2.75, 3.05) is 7.05 Å². The van der Waals surface area contributed by atoms with Crippen LogP contribution in [0, 0.1) is 6.92 Å². The van der Waals surface area contributed by atoms with Crippen molar-refractivity contribution in [1.82, 2.24) is 25.3 Å². The fourth-order valence-corrected chi connectivity index (χ4v) is 3.40. The van der Waals surface area contributed by atoms with Gasteiger partial charge in [-0.15, -0.1) is 0 Å². The van der Waals surface area contributed by atoms with Crippen molar-refractivity contribution in [3.05, 3.63) is 52.8 Å². The van der Waals surface area contributed by atoms with E-state index in [0.29, 0.717) is 12.2 Å². The Bertz CT molecular complexity index is 977. The molecule has 1 aromatic carbocycles. The number of hydrogen-bond acceptors (Lipinski definition) is 4. The fraction of sp³-hybridized carbons (Fsp3) is 0.429. The minimum atomic E-state index is -1.11. The molecule has 0 bridgehead atoms. The summed E-state index contributed by atoms with van der Waals surface area (Å²) >= 11 is 0. The van der Waals surface area contributed by atoms with Crippen molar-refractivity contribution < 1.29 is 14.4 Å². The maximum Gasteiger partial charge on any atom is 0.272 e. The van der Waals surface area contributed by atoms with E-state index in [1.54, 1.807) is 14.0 Å². The molecular weight excluding hydrogens is 370 g/mol.